The van der Waals surface area contributed by atoms with E-state index in [4.69, 9.17) is 16.2 Å². The topological polar surface area (TPSA) is 88.9 Å². The molecule has 1 atom stereocenters. The first-order valence-electron chi connectivity index (χ1n) is 11.1. The molecular formula is C23H37N5O. The number of rotatable bonds is 10. The number of likely N-dealkylation sites (tertiary alicyclic amines) is 1. The van der Waals surface area contributed by atoms with Gasteiger partial charge >= 0.3 is 0 Å². The van der Waals surface area contributed by atoms with Gasteiger partial charge < -0.3 is 21.5 Å². The third kappa shape index (κ3) is 6.47. The second-order valence-corrected chi connectivity index (χ2v) is 8.27. The molecule has 0 aliphatic carbocycles. The van der Waals surface area contributed by atoms with Crippen molar-refractivity contribution in [2.45, 2.75) is 64.0 Å². The number of unbranched alkanes of at least 4 members (excludes halogenated alkanes) is 2. The molecule has 2 aliphatic rings. The number of benzene rings is 1. The normalized spacial score (nSPS) is 22.6. The summed E-state index contributed by atoms with van der Waals surface area (Å²) in [6.45, 7) is 6.31. The van der Waals surface area contributed by atoms with Crippen LogP contribution < -0.4 is 21.5 Å². The number of ether oxygens (including phenoxy) is 1. The first-order valence-corrected chi connectivity index (χ1v) is 11.1. The molecular weight excluding hydrogens is 362 g/mol. The van der Waals surface area contributed by atoms with Gasteiger partial charge in [0.15, 0.2) is 5.96 Å². The van der Waals surface area contributed by atoms with E-state index in [1.165, 1.54) is 37.9 Å². The predicted octanol–water partition coefficient (Wildman–Crippen LogP) is 3.13. The van der Waals surface area contributed by atoms with Crippen LogP contribution in [0.1, 0.15) is 57.4 Å². The van der Waals surface area contributed by atoms with Crippen molar-refractivity contribution in [3.8, 4) is 5.75 Å². The Morgan fingerprint density at radius 1 is 1.21 bits per heavy atom. The van der Waals surface area contributed by atoms with Crippen molar-refractivity contribution < 1.29 is 4.74 Å². The minimum atomic E-state index is -0.727. The molecule has 0 amide bonds. The highest BCUT2D eigenvalue weighted by molar-refractivity contribution is 5.81. The van der Waals surface area contributed by atoms with Crippen LogP contribution in [0.25, 0.3) is 0 Å². The highest BCUT2D eigenvalue weighted by atomic mass is 16.5. The maximum atomic E-state index is 6.67. The van der Waals surface area contributed by atoms with Gasteiger partial charge in [-0.1, -0.05) is 38.3 Å². The Morgan fingerprint density at radius 3 is 2.83 bits per heavy atom. The zero-order valence-corrected chi connectivity index (χ0v) is 17.8. The van der Waals surface area contributed by atoms with E-state index in [1.807, 2.05) is 12.3 Å². The van der Waals surface area contributed by atoms with E-state index in [-0.39, 0.29) is 0 Å². The number of piperidine rings is 1. The molecule has 6 nitrogen and oxygen atoms in total. The van der Waals surface area contributed by atoms with Gasteiger partial charge in [-0.25, -0.2) is 4.99 Å². The second-order valence-electron chi connectivity index (χ2n) is 8.27. The van der Waals surface area contributed by atoms with Crippen LogP contribution in [0.4, 0.5) is 0 Å². The van der Waals surface area contributed by atoms with Gasteiger partial charge in [0.1, 0.15) is 18.0 Å². The lowest BCUT2D eigenvalue weighted by Gasteiger charge is -2.32. The summed E-state index contributed by atoms with van der Waals surface area (Å²) in [5.41, 5.74) is 14.1. The van der Waals surface area contributed by atoms with Crippen molar-refractivity contribution >= 4 is 5.96 Å². The van der Waals surface area contributed by atoms with E-state index < -0.39 is 5.66 Å². The molecule has 1 aromatic rings. The summed E-state index contributed by atoms with van der Waals surface area (Å²) in [5, 5.41) is 3.03. The molecule has 1 unspecified atom stereocenters. The highest BCUT2D eigenvalue weighted by Crippen LogP contribution is 2.28. The fourth-order valence-corrected chi connectivity index (χ4v) is 4.11. The summed E-state index contributed by atoms with van der Waals surface area (Å²) >= 11 is 0. The number of nitrogens with two attached hydrogens (primary N) is 2. The molecule has 6 heteroatoms. The zero-order valence-electron chi connectivity index (χ0n) is 17.8. The van der Waals surface area contributed by atoms with Crippen molar-refractivity contribution in [1.29, 1.82) is 0 Å². The molecule has 0 aromatic heterocycles. The molecule has 0 radical (unpaired) electrons. The molecule has 5 N–H and O–H groups in total. The summed E-state index contributed by atoms with van der Waals surface area (Å²) in [6.07, 6.45) is 10.8. The minimum absolute atomic E-state index is 0.391. The van der Waals surface area contributed by atoms with Gasteiger partial charge in [-0.3, -0.25) is 4.90 Å². The molecule has 0 bridgehead atoms. The van der Waals surface area contributed by atoms with Crippen molar-refractivity contribution in [1.82, 2.24) is 10.2 Å². The fourth-order valence-electron chi connectivity index (χ4n) is 4.11. The van der Waals surface area contributed by atoms with Gasteiger partial charge in [0.2, 0.25) is 0 Å². The summed E-state index contributed by atoms with van der Waals surface area (Å²) in [6, 6.07) is 8.31. The van der Waals surface area contributed by atoms with Gasteiger partial charge in [-0.15, -0.1) is 0 Å². The van der Waals surface area contributed by atoms with Gasteiger partial charge in [0.25, 0.3) is 0 Å². The number of hydrogen-bond acceptors (Lipinski definition) is 6. The van der Waals surface area contributed by atoms with E-state index in [9.17, 15) is 0 Å². The Kier molecular flexibility index (Phi) is 7.95. The summed E-state index contributed by atoms with van der Waals surface area (Å²) in [7, 11) is 0. The molecule has 160 valence electrons. The van der Waals surface area contributed by atoms with Crippen LogP contribution in [0, 0.1) is 0 Å². The third-order valence-corrected chi connectivity index (χ3v) is 5.85. The quantitative estimate of drug-likeness (QED) is 0.526. The second kappa shape index (κ2) is 10.6. The largest absolute Gasteiger partial charge is 0.492 e. The van der Waals surface area contributed by atoms with E-state index in [0.717, 1.165) is 56.6 Å². The Bertz CT molecular complexity index is 711. The molecule has 2 aliphatic heterocycles. The number of guanidine groups is 1. The van der Waals surface area contributed by atoms with Gasteiger partial charge in [-0.05, 0) is 68.5 Å². The SMILES string of the molecule is CCCCCC1(N)N=C(N)NC=C1Cc1cccc(OCCN2CCCCC2)c1. The summed E-state index contributed by atoms with van der Waals surface area (Å²) in [4.78, 5) is 7.04. The Balaban J connectivity index is 1.57. The molecule has 0 spiro atoms. The Morgan fingerprint density at radius 2 is 2.03 bits per heavy atom. The van der Waals surface area contributed by atoms with E-state index in [0.29, 0.717) is 5.96 Å². The van der Waals surface area contributed by atoms with Crippen LogP contribution in [-0.4, -0.2) is 42.8 Å². The van der Waals surface area contributed by atoms with Crippen LogP contribution in [0.5, 0.6) is 5.75 Å². The monoisotopic (exact) mass is 399 g/mol. The van der Waals surface area contributed by atoms with Gasteiger partial charge in [0, 0.05) is 12.7 Å². The molecule has 3 rings (SSSR count). The number of nitrogens with zero attached hydrogens (tertiary/aromatic N) is 2. The summed E-state index contributed by atoms with van der Waals surface area (Å²) in [5.74, 6) is 1.31. The van der Waals surface area contributed by atoms with Crippen molar-refractivity contribution in [2.24, 2.45) is 16.5 Å². The molecule has 1 aromatic carbocycles. The van der Waals surface area contributed by atoms with Crippen molar-refractivity contribution in [2.75, 3.05) is 26.2 Å². The van der Waals surface area contributed by atoms with E-state index >= 15 is 0 Å². The van der Waals surface area contributed by atoms with Crippen molar-refractivity contribution in [3.05, 3.63) is 41.6 Å². The smallest absolute Gasteiger partial charge is 0.194 e. The predicted molar refractivity (Wildman–Crippen MR) is 120 cm³/mol. The third-order valence-electron chi connectivity index (χ3n) is 5.85. The molecule has 1 saturated heterocycles. The lowest BCUT2D eigenvalue weighted by molar-refractivity contribution is 0.183. The van der Waals surface area contributed by atoms with Gasteiger partial charge in [0.05, 0.1) is 0 Å². The average Bonchev–Trinajstić information content (AvgIpc) is 2.72. The van der Waals surface area contributed by atoms with Crippen molar-refractivity contribution in [3.63, 3.8) is 0 Å². The first kappa shape index (κ1) is 21.7. The van der Waals surface area contributed by atoms with E-state index in [2.05, 4.69) is 40.3 Å². The highest BCUT2D eigenvalue weighted by Gasteiger charge is 2.31. The van der Waals surface area contributed by atoms with Crippen LogP contribution in [-0.2, 0) is 6.42 Å². The van der Waals surface area contributed by atoms with Gasteiger partial charge in [-0.2, -0.15) is 0 Å². The molecule has 29 heavy (non-hydrogen) atoms. The summed E-state index contributed by atoms with van der Waals surface area (Å²) < 4.78 is 6.03. The lowest BCUT2D eigenvalue weighted by atomic mass is 9.89. The van der Waals surface area contributed by atoms with Crippen LogP contribution in [0.15, 0.2) is 41.0 Å². The maximum absolute atomic E-state index is 6.67. The lowest BCUT2D eigenvalue weighted by Crippen LogP contribution is -2.48. The van der Waals surface area contributed by atoms with Crippen LogP contribution >= 0.6 is 0 Å². The molecule has 2 heterocycles. The molecule has 1 fully saturated rings. The van der Waals surface area contributed by atoms with Crippen LogP contribution in [0.2, 0.25) is 0 Å². The average molecular weight is 400 g/mol. The zero-order chi connectivity index (χ0) is 20.5. The number of hydrogen-bond donors (Lipinski definition) is 3. The minimum Gasteiger partial charge on any atom is -0.492 e. The van der Waals surface area contributed by atoms with Crippen LogP contribution in [0.3, 0.4) is 0 Å². The first-order chi connectivity index (χ1) is 14.1. The molecule has 0 saturated carbocycles. The maximum Gasteiger partial charge on any atom is 0.194 e. The Labute approximate surface area is 175 Å². The number of aliphatic imine (C=N–C) groups is 1. The standard InChI is InChI=1S/C23H37N5O/c1-2-3-5-11-23(25)20(18-26-22(24)27-23)16-19-9-8-10-21(17-19)29-15-14-28-12-6-4-7-13-28/h8-10,17-18H,2-7,11-16,25H2,1H3,(H3,24,26,27). The fraction of sp³-hybridized carbons (Fsp3) is 0.609. The van der Waals surface area contributed by atoms with E-state index in [1.54, 1.807) is 0 Å². The number of nitrogens with one attached hydrogen (secondary N) is 1. The Hall–Kier alpha value is -2.05.